The zero-order chi connectivity index (χ0) is 19.5. The van der Waals surface area contributed by atoms with Crippen LogP contribution in [0.25, 0.3) is 10.9 Å². The average Bonchev–Trinajstić information content (AvgIpc) is 3.06. The topological polar surface area (TPSA) is 31.2 Å². The third-order valence-corrected chi connectivity index (χ3v) is 5.05. The number of fused-ring (bicyclic) bond motifs is 1. The first-order chi connectivity index (χ1) is 13.6. The minimum absolute atomic E-state index is 0.0195. The molecule has 0 amide bonds. The van der Waals surface area contributed by atoms with Crippen molar-refractivity contribution in [2.24, 2.45) is 0 Å². The van der Waals surface area contributed by atoms with Crippen LogP contribution in [0, 0.1) is 13.8 Å². The molecule has 0 aliphatic carbocycles. The van der Waals surface area contributed by atoms with Gasteiger partial charge in [-0.2, -0.15) is 0 Å². The summed E-state index contributed by atoms with van der Waals surface area (Å²) in [6, 6.07) is 25.8. The Kier molecular flexibility index (Phi) is 4.98. The van der Waals surface area contributed by atoms with Gasteiger partial charge in [-0.3, -0.25) is 9.36 Å². The average molecular weight is 369 g/mol. The molecule has 3 aromatic carbocycles. The normalized spacial score (nSPS) is 10.9. The molecule has 0 bridgehead atoms. The third-order valence-electron chi connectivity index (χ3n) is 5.05. The molecule has 0 fully saturated rings. The Balaban J connectivity index is 1.49. The van der Waals surface area contributed by atoms with E-state index in [1.807, 2.05) is 61.5 Å². The van der Waals surface area contributed by atoms with Crippen molar-refractivity contribution in [2.75, 3.05) is 6.61 Å². The molecule has 4 aromatic rings. The Hall–Kier alpha value is -3.33. The highest BCUT2D eigenvalue weighted by atomic mass is 16.5. The van der Waals surface area contributed by atoms with Crippen molar-refractivity contribution in [1.29, 1.82) is 0 Å². The van der Waals surface area contributed by atoms with Crippen LogP contribution in [0.1, 0.15) is 27.2 Å². The number of carbonyl (C=O) groups excluding carboxylic acids is 1. The highest BCUT2D eigenvalue weighted by molar-refractivity contribution is 6.03. The minimum atomic E-state index is -0.0195. The van der Waals surface area contributed by atoms with Gasteiger partial charge in [-0.25, -0.2) is 0 Å². The molecule has 0 atom stereocenters. The molecule has 140 valence electrons. The van der Waals surface area contributed by atoms with Crippen LogP contribution in [-0.4, -0.2) is 17.1 Å². The van der Waals surface area contributed by atoms with E-state index in [1.165, 1.54) is 11.1 Å². The van der Waals surface area contributed by atoms with Crippen LogP contribution in [0.2, 0.25) is 0 Å². The van der Waals surface area contributed by atoms with Gasteiger partial charge < -0.3 is 4.74 Å². The summed E-state index contributed by atoms with van der Waals surface area (Å²) in [5.41, 5.74) is 4.97. The molecular weight excluding hydrogens is 346 g/mol. The lowest BCUT2D eigenvalue weighted by molar-refractivity contribution is 0.0963. The molecule has 0 unspecified atom stereocenters. The van der Waals surface area contributed by atoms with E-state index >= 15 is 0 Å². The number of benzene rings is 3. The van der Waals surface area contributed by atoms with Gasteiger partial charge in [-0.1, -0.05) is 42.5 Å². The van der Waals surface area contributed by atoms with Crippen molar-refractivity contribution in [3.63, 3.8) is 0 Å². The Morgan fingerprint density at radius 3 is 2.39 bits per heavy atom. The number of carbonyl (C=O) groups is 1. The van der Waals surface area contributed by atoms with Gasteiger partial charge in [0.2, 0.25) is 0 Å². The Labute approximate surface area is 165 Å². The summed E-state index contributed by atoms with van der Waals surface area (Å²) in [6.07, 6.45) is 0.857. The fraction of sp³-hybridized carbons (Fsp3) is 0.160. The molecule has 3 heteroatoms. The van der Waals surface area contributed by atoms with Gasteiger partial charge in [0.15, 0.2) is 0 Å². The SMILES string of the molecule is Cc1cccc2c1cc(C)n2C(=O)c1ccc(OCCc2ccccc2)cc1. The molecule has 0 aliphatic rings. The van der Waals surface area contributed by atoms with Gasteiger partial charge in [0.25, 0.3) is 5.91 Å². The fourth-order valence-corrected chi connectivity index (χ4v) is 3.54. The molecule has 0 saturated carbocycles. The monoisotopic (exact) mass is 369 g/mol. The zero-order valence-corrected chi connectivity index (χ0v) is 16.2. The lowest BCUT2D eigenvalue weighted by Gasteiger charge is -2.09. The predicted molar refractivity (Wildman–Crippen MR) is 113 cm³/mol. The highest BCUT2D eigenvalue weighted by Gasteiger charge is 2.15. The summed E-state index contributed by atoms with van der Waals surface area (Å²) >= 11 is 0. The number of hydrogen-bond donors (Lipinski definition) is 0. The summed E-state index contributed by atoms with van der Waals surface area (Å²) in [7, 11) is 0. The van der Waals surface area contributed by atoms with Gasteiger partial charge >= 0.3 is 0 Å². The summed E-state index contributed by atoms with van der Waals surface area (Å²) in [4.78, 5) is 13.1. The van der Waals surface area contributed by atoms with E-state index in [4.69, 9.17) is 4.74 Å². The molecule has 0 N–H and O–H groups in total. The van der Waals surface area contributed by atoms with Crippen molar-refractivity contribution >= 4 is 16.8 Å². The molecule has 0 radical (unpaired) electrons. The van der Waals surface area contributed by atoms with E-state index in [9.17, 15) is 4.79 Å². The van der Waals surface area contributed by atoms with Crippen LogP contribution in [0.3, 0.4) is 0 Å². The first-order valence-corrected chi connectivity index (χ1v) is 9.52. The van der Waals surface area contributed by atoms with Crippen molar-refractivity contribution in [1.82, 2.24) is 4.57 Å². The molecule has 28 heavy (non-hydrogen) atoms. The highest BCUT2D eigenvalue weighted by Crippen LogP contribution is 2.24. The first-order valence-electron chi connectivity index (χ1n) is 9.52. The standard InChI is InChI=1S/C25H23NO2/c1-18-7-6-10-24-23(18)17-19(2)26(24)25(27)21-11-13-22(14-12-21)28-16-15-20-8-4-3-5-9-20/h3-14,17H,15-16H2,1-2H3. The zero-order valence-electron chi connectivity index (χ0n) is 16.2. The van der Waals surface area contributed by atoms with Gasteiger partial charge in [-0.15, -0.1) is 0 Å². The number of aryl methyl sites for hydroxylation is 2. The number of hydrogen-bond acceptors (Lipinski definition) is 2. The number of rotatable bonds is 5. The third kappa shape index (κ3) is 3.56. The maximum absolute atomic E-state index is 13.1. The largest absolute Gasteiger partial charge is 0.493 e. The van der Waals surface area contributed by atoms with Crippen molar-refractivity contribution < 1.29 is 9.53 Å². The summed E-state index contributed by atoms with van der Waals surface area (Å²) < 4.78 is 7.61. The smallest absolute Gasteiger partial charge is 0.262 e. The molecule has 1 heterocycles. The van der Waals surface area contributed by atoms with Crippen LogP contribution in [0.4, 0.5) is 0 Å². The molecule has 1 aromatic heterocycles. The Morgan fingerprint density at radius 1 is 0.893 bits per heavy atom. The fourth-order valence-electron chi connectivity index (χ4n) is 3.54. The second kappa shape index (κ2) is 7.73. The van der Waals surface area contributed by atoms with E-state index in [1.54, 1.807) is 4.57 Å². The van der Waals surface area contributed by atoms with E-state index in [2.05, 4.69) is 31.2 Å². The van der Waals surface area contributed by atoms with Crippen LogP contribution in [0.5, 0.6) is 5.75 Å². The molecule has 3 nitrogen and oxygen atoms in total. The van der Waals surface area contributed by atoms with Crippen LogP contribution in [0.15, 0.2) is 78.9 Å². The number of nitrogens with zero attached hydrogens (tertiary/aromatic N) is 1. The quantitative estimate of drug-likeness (QED) is 0.461. The van der Waals surface area contributed by atoms with Gasteiger partial charge in [0.05, 0.1) is 12.1 Å². The molecule has 0 spiro atoms. The maximum Gasteiger partial charge on any atom is 0.262 e. The maximum atomic E-state index is 13.1. The summed E-state index contributed by atoms with van der Waals surface area (Å²) in [6.45, 7) is 4.65. The van der Waals surface area contributed by atoms with Crippen molar-refractivity contribution in [3.05, 3.63) is 101 Å². The number of ether oxygens (including phenoxy) is 1. The van der Waals surface area contributed by atoms with Gasteiger partial charge in [-0.05, 0) is 61.4 Å². The lowest BCUT2D eigenvalue weighted by Crippen LogP contribution is -2.13. The predicted octanol–water partition coefficient (Wildman–Crippen LogP) is 5.57. The van der Waals surface area contributed by atoms with Crippen LogP contribution >= 0.6 is 0 Å². The minimum Gasteiger partial charge on any atom is -0.493 e. The molecule has 0 aliphatic heterocycles. The molecule has 0 saturated heterocycles. The second-order valence-corrected chi connectivity index (χ2v) is 7.04. The van der Waals surface area contributed by atoms with Gasteiger partial charge in [0.1, 0.15) is 5.75 Å². The Morgan fingerprint density at radius 2 is 1.64 bits per heavy atom. The van der Waals surface area contributed by atoms with E-state index < -0.39 is 0 Å². The van der Waals surface area contributed by atoms with E-state index in [-0.39, 0.29) is 5.91 Å². The van der Waals surface area contributed by atoms with E-state index in [0.717, 1.165) is 28.8 Å². The first kappa shape index (κ1) is 18.1. The van der Waals surface area contributed by atoms with Crippen LogP contribution in [-0.2, 0) is 6.42 Å². The van der Waals surface area contributed by atoms with Crippen LogP contribution < -0.4 is 4.74 Å². The number of aromatic nitrogens is 1. The summed E-state index contributed by atoms with van der Waals surface area (Å²) in [5.74, 6) is 0.756. The van der Waals surface area contributed by atoms with Crippen molar-refractivity contribution in [2.45, 2.75) is 20.3 Å². The Bertz CT molecular complexity index is 1110. The lowest BCUT2D eigenvalue weighted by atomic mass is 10.1. The van der Waals surface area contributed by atoms with Gasteiger partial charge in [0, 0.05) is 23.1 Å². The van der Waals surface area contributed by atoms with Crippen molar-refractivity contribution in [3.8, 4) is 5.75 Å². The summed E-state index contributed by atoms with van der Waals surface area (Å²) in [5, 5.41) is 1.12. The van der Waals surface area contributed by atoms with E-state index in [0.29, 0.717) is 12.2 Å². The second-order valence-electron chi connectivity index (χ2n) is 7.04. The molecular formula is C25H23NO2. The molecule has 4 rings (SSSR count).